The van der Waals surface area contributed by atoms with E-state index < -0.39 is 12.0 Å². The van der Waals surface area contributed by atoms with Crippen molar-refractivity contribution in [2.45, 2.75) is 31.6 Å². The molecule has 1 N–H and O–H groups in total. The molecule has 0 aromatic heterocycles. The van der Waals surface area contributed by atoms with Crippen molar-refractivity contribution in [2.24, 2.45) is 5.92 Å². The number of ether oxygens (including phenoxy) is 1. The van der Waals surface area contributed by atoms with Gasteiger partial charge in [-0.05, 0) is 18.9 Å². The van der Waals surface area contributed by atoms with Crippen LogP contribution in [0.4, 0.5) is 0 Å². The first-order valence-electron chi connectivity index (χ1n) is 7.41. The molecule has 0 fully saturated rings. The molecule has 0 saturated carbocycles. The van der Waals surface area contributed by atoms with Crippen molar-refractivity contribution < 1.29 is 14.3 Å². The molecular weight excluding hydrogens is 312 g/mol. The number of carbonyl (C=O) groups is 2. The SMILES string of the molecule is COC(=O)C(CSC(C)C#N)NC(=O)[C@@H](C)Cc1ccccc1. The summed E-state index contributed by atoms with van der Waals surface area (Å²) >= 11 is 1.31. The van der Waals surface area contributed by atoms with Crippen molar-refractivity contribution in [3.05, 3.63) is 35.9 Å². The van der Waals surface area contributed by atoms with Crippen molar-refractivity contribution in [1.29, 1.82) is 5.26 Å². The molecule has 0 bridgehead atoms. The van der Waals surface area contributed by atoms with E-state index in [4.69, 9.17) is 10.00 Å². The third kappa shape index (κ3) is 6.74. The Balaban J connectivity index is 2.61. The molecule has 0 radical (unpaired) electrons. The number of nitrogens with zero attached hydrogens (tertiary/aromatic N) is 1. The fourth-order valence-corrected chi connectivity index (χ4v) is 2.74. The Morgan fingerprint density at radius 1 is 1.30 bits per heavy atom. The molecule has 6 heteroatoms. The zero-order chi connectivity index (χ0) is 17.2. The van der Waals surface area contributed by atoms with Crippen LogP contribution in [0.5, 0.6) is 0 Å². The van der Waals surface area contributed by atoms with Crippen LogP contribution in [0.25, 0.3) is 0 Å². The van der Waals surface area contributed by atoms with E-state index in [1.807, 2.05) is 37.3 Å². The van der Waals surface area contributed by atoms with Gasteiger partial charge in [0.2, 0.25) is 5.91 Å². The first-order valence-corrected chi connectivity index (χ1v) is 8.46. The van der Waals surface area contributed by atoms with Gasteiger partial charge in [0.15, 0.2) is 0 Å². The highest BCUT2D eigenvalue weighted by atomic mass is 32.2. The number of carbonyl (C=O) groups excluding carboxylic acids is 2. The van der Waals surface area contributed by atoms with Gasteiger partial charge in [-0.25, -0.2) is 4.79 Å². The van der Waals surface area contributed by atoms with Gasteiger partial charge in [-0.15, -0.1) is 11.8 Å². The van der Waals surface area contributed by atoms with E-state index in [2.05, 4.69) is 11.4 Å². The van der Waals surface area contributed by atoms with Crippen molar-refractivity contribution in [3.8, 4) is 6.07 Å². The summed E-state index contributed by atoms with van der Waals surface area (Å²) in [6, 6.07) is 11.0. The van der Waals surface area contributed by atoms with Crippen LogP contribution in [0.1, 0.15) is 19.4 Å². The maximum atomic E-state index is 12.3. The molecule has 2 unspecified atom stereocenters. The quantitative estimate of drug-likeness (QED) is 0.737. The van der Waals surface area contributed by atoms with Gasteiger partial charge in [0.05, 0.1) is 18.4 Å². The normalized spacial score (nSPS) is 14.2. The lowest BCUT2D eigenvalue weighted by molar-refractivity contribution is -0.144. The minimum absolute atomic E-state index is 0.200. The number of methoxy groups -OCH3 is 1. The van der Waals surface area contributed by atoms with E-state index in [9.17, 15) is 9.59 Å². The van der Waals surface area contributed by atoms with E-state index in [0.717, 1.165) is 5.56 Å². The summed E-state index contributed by atoms with van der Waals surface area (Å²) < 4.78 is 4.73. The minimum atomic E-state index is -0.744. The molecule has 1 rings (SSSR count). The zero-order valence-electron chi connectivity index (χ0n) is 13.6. The van der Waals surface area contributed by atoms with Crippen LogP contribution in [0, 0.1) is 17.2 Å². The molecule has 0 spiro atoms. The molecule has 0 heterocycles. The number of amides is 1. The smallest absolute Gasteiger partial charge is 0.329 e. The maximum absolute atomic E-state index is 12.3. The summed E-state index contributed by atoms with van der Waals surface area (Å²) in [5.74, 6) is -0.647. The summed E-state index contributed by atoms with van der Waals surface area (Å²) in [6.07, 6.45) is 0.600. The van der Waals surface area contributed by atoms with E-state index >= 15 is 0 Å². The second-order valence-corrected chi connectivity index (χ2v) is 6.65. The molecule has 23 heavy (non-hydrogen) atoms. The van der Waals surface area contributed by atoms with E-state index in [0.29, 0.717) is 12.2 Å². The minimum Gasteiger partial charge on any atom is -0.467 e. The Labute approximate surface area is 141 Å². The third-order valence-electron chi connectivity index (χ3n) is 3.33. The van der Waals surface area contributed by atoms with Crippen LogP contribution in [0.2, 0.25) is 0 Å². The van der Waals surface area contributed by atoms with Gasteiger partial charge in [0.1, 0.15) is 6.04 Å². The Bertz CT molecular complexity index is 557. The Hall–Kier alpha value is -2.00. The van der Waals surface area contributed by atoms with Crippen molar-refractivity contribution in [1.82, 2.24) is 5.32 Å². The van der Waals surface area contributed by atoms with E-state index in [-0.39, 0.29) is 17.1 Å². The van der Waals surface area contributed by atoms with Crippen molar-refractivity contribution in [2.75, 3.05) is 12.9 Å². The Morgan fingerprint density at radius 3 is 2.52 bits per heavy atom. The molecule has 1 amide bonds. The average molecular weight is 334 g/mol. The van der Waals surface area contributed by atoms with E-state index in [1.165, 1.54) is 18.9 Å². The fraction of sp³-hybridized carbons (Fsp3) is 0.471. The lowest BCUT2D eigenvalue weighted by Crippen LogP contribution is -2.45. The summed E-state index contributed by atoms with van der Waals surface area (Å²) in [7, 11) is 1.28. The van der Waals surface area contributed by atoms with Crippen molar-refractivity contribution in [3.63, 3.8) is 0 Å². The van der Waals surface area contributed by atoms with Crippen LogP contribution in [-0.2, 0) is 20.7 Å². The summed E-state index contributed by atoms with van der Waals surface area (Å²) in [5, 5.41) is 11.3. The first kappa shape index (κ1) is 19.0. The molecule has 124 valence electrons. The van der Waals surface area contributed by atoms with Crippen LogP contribution in [-0.4, -0.2) is 36.0 Å². The molecule has 1 aromatic carbocycles. The zero-order valence-corrected chi connectivity index (χ0v) is 14.4. The summed E-state index contributed by atoms with van der Waals surface area (Å²) in [5.41, 5.74) is 1.07. The number of nitrogens with one attached hydrogen (secondary N) is 1. The highest BCUT2D eigenvalue weighted by molar-refractivity contribution is 8.00. The Kier molecular flexibility index (Phi) is 8.20. The number of hydrogen-bond donors (Lipinski definition) is 1. The predicted octanol–water partition coefficient (Wildman–Crippen LogP) is 2.17. The van der Waals surface area contributed by atoms with Crippen LogP contribution >= 0.6 is 11.8 Å². The lowest BCUT2D eigenvalue weighted by atomic mass is 10.0. The highest BCUT2D eigenvalue weighted by Gasteiger charge is 2.25. The summed E-state index contributed by atoms with van der Waals surface area (Å²) in [6.45, 7) is 3.57. The third-order valence-corrected chi connectivity index (χ3v) is 4.46. The van der Waals surface area contributed by atoms with Gasteiger partial charge >= 0.3 is 5.97 Å². The van der Waals surface area contributed by atoms with Gasteiger partial charge in [-0.1, -0.05) is 37.3 Å². The molecule has 0 saturated heterocycles. The van der Waals surface area contributed by atoms with Crippen LogP contribution in [0.3, 0.4) is 0 Å². The molecular formula is C17H22N2O3S. The highest BCUT2D eigenvalue weighted by Crippen LogP contribution is 2.13. The second-order valence-electron chi connectivity index (χ2n) is 5.28. The first-order chi connectivity index (χ1) is 11.0. The second kappa shape index (κ2) is 9.90. The Morgan fingerprint density at radius 2 is 1.96 bits per heavy atom. The number of thioether (sulfide) groups is 1. The fourth-order valence-electron chi connectivity index (χ4n) is 1.96. The van der Waals surface area contributed by atoms with Crippen LogP contribution < -0.4 is 5.32 Å². The molecule has 5 nitrogen and oxygen atoms in total. The monoisotopic (exact) mass is 334 g/mol. The maximum Gasteiger partial charge on any atom is 0.329 e. The largest absolute Gasteiger partial charge is 0.467 e. The molecule has 0 aliphatic carbocycles. The number of esters is 1. The molecule has 0 aliphatic heterocycles. The summed E-state index contributed by atoms with van der Waals surface area (Å²) in [4.78, 5) is 24.1. The number of hydrogen-bond acceptors (Lipinski definition) is 5. The van der Waals surface area contributed by atoms with Gasteiger partial charge in [0, 0.05) is 11.7 Å². The van der Waals surface area contributed by atoms with Crippen LogP contribution in [0.15, 0.2) is 30.3 Å². The number of benzene rings is 1. The van der Waals surface area contributed by atoms with Gasteiger partial charge < -0.3 is 10.1 Å². The van der Waals surface area contributed by atoms with Crippen molar-refractivity contribution >= 4 is 23.6 Å². The average Bonchev–Trinajstić information content (AvgIpc) is 2.58. The lowest BCUT2D eigenvalue weighted by Gasteiger charge is -2.19. The van der Waals surface area contributed by atoms with Gasteiger partial charge in [-0.2, -0.15) is 5.26 Å². The molecule has 3 atom stereocenters. The topological polar surface area (TPSA) is 79.2 Å². The molecule has 0 aliphatic rings. The van der Waals surface area contributed by atoms with Gasteiger partial charge in [-0.3, -0.25) is 4.79 Å². The standard InChI is InChI=1S/C17H22N2O3S/c1-12(9-14-7-5-4-6-8-14)16(20)19-15(17(21)22-3)11-23-13(2)10-18/h4-8,12-13,15H,9,11H2,1-3H3,(H,19,20)/t12-,13?,15?/m0/s1. The number of nitriles is 1. The van der Waals surface area contributed by atoms with Gasteiger partial charge in [0.25, 0.3) is 0 Å². The predicted molar refractivity (Wildman–Crippen MR) is 90.8 cm³/mol. The number of rotatable bonds is 8. The molecule has 1 aromatic rings. The van der Waals surface area contributed by atoms with E-state index in [1.54, 1.807) is 6.92 Å².